The number of rotatable bonds is 9. The number of aromatic nitrogens is 3. The van der Waals surface area contributed by atoms with Crippen molar-refractivity contribution in [2.45, 2.75) is 84.5 Å². The molecule has 1 aliphatic carbocycles. The fourth-order valence-electron chi connectivity index (χ4n) is 8.93. The number of methoxy groups -OCH3 is 1. The third-order valence-electron chi connectivity index (χ3n) is 12.7. The summed E-state index contributed by atoms with van der Waals surface area (Å²) in [6.07, 6.45) is 4.84. The van der Waals surface area contributed by atoms with Crippen LogP contribution in [0.5, 0.6) is 0 Å². The average Bonchev–Trinajstić information content (AvgIpc) is 3.73. The van der Waals surface area contributed by atoms with E-state index >= 15 is 0 Å². The Hall–Kier alpha value is -3.95. The van der Waals surface area contributed by atoms with Crippen LogP contribution in [0.3, 0.4) is 0 Å². The van der Waals surface area contributed by atoms with Crippen molar-refractivity contribution in [3.63, 3.8) is 0 Å². The Balaban J connectivity index is 1.25. The number of nitrogens with zero attached hydrogens (tertiary/aromatic N) is 6. The third kappa shape index (κ3) is 8.40. The highest BCUT2D eigenvalue weighted by atomic mass is 32.1. The number of thiazole rings is 1. The predicted octanol–water partition coefficient (Wildman–Crippen LogP) is 6.03. The zero-order valence-electron chi connectivity index (χ0n) is 34.9. The number of esters is 1. The highest BCUT2D eigenvalue weighted by molar-refractivity contribution is 7.10. The SMILES string of the molecule is CCn1c(-c2cc(N3CCN(C)CC3)cnc2[C@H](C)OC)c2c3cc(ccc31)-c1csc(n1)C[C@H](NC[C@H]1C[C@@H]1CF)C(=O)N1CCC[C@H](N1)C(=O)OCC(C)(C)C2. The van der Waals surface area contributed by atoms with Crippen LogP contribution in [0.2, 0.25) is 0 Å². The summed E-state index contributed by atoms with van der Waals surface area (Å²) in [5.41, 5.74) is 11.0. The smallest absolute Gasteiger partial charge is 0.324 e. The number of hydrogen-bond acceptors (Lipinski definition) is 11. The number of anilines is 1. The number of aryl methyl sites for hydroxylation is 1. The Kier molecular flexibility index (Phi) is 11.9. The molecule has 4 aromatic rings. The first-order valence-corrected chi connectivity index (χ1v) is 21.9. The predicted molar refractivity (Wildman–Crippen MR) is 226 cm³/mol. The van der Waals surface area contributed by atoms with E-state index in [-0.39, 0.29) is 43.1 Å². The van der Waals surface area contributed by atoms with Gasteiger partial charge in [0.15, 0.2) is 0 Å². The van der Waals surface area contributed by atoms with E-state index in [9.17, 15) is 14.0 Å². The number of fused-ring (bicyclic) bond motifs is 6. The normalized spacial score (nSPS) is 24.8. The zero-order valence-corrected chi connectivity index (χ0v) is 35.7. The summed E-state index contributed by atoms with van der Waals surface area (Å²) in [6, 6.07) is 7.70. The second-order valence-electron chi connectivity index (χ2n) is 17.6. The molecule has 2 saturated heterocycles. The lowest BCUT2D eigenvalue weighted by atomic mass is 9.84. The van der Waals surface area contributed by atoms with Crippen LogP contribution < -0.4 is 15.6 Å². The van der Waals surface area contributed by atoms with Gasteiger partial charge in [-0.15, -0.1) is 11.3 Å². The lowest BCUT2D eigenvalue weighted by Crippen LogP contribution is -2.60. The maximum atomic E-state index is 14.1. The van der Waals surface area contributed by atoms with Gasteiger partial charge >= 0.3 is 5.97 Å². The summed E-state index contributed by atoms with van der Waals surface area (Å²) >= 11 is 1.55. The Morgan fingerprint density at radius 3 is 2.69 bits per heavy atom. The molecule has 3 fully saturated rings. The molecule has 1 amide bonds. The quantitative estimate of drug-likeness (QED) is 0.194. The number of pyridine rings is 1. The lowest BCUT2D eigenvalue weighted by Gasteiger charge is -2.35. The highest BCUT2D eigenvalue weighted by Gasteiger charge is 2.39. The number of amides is 1. The van der Waals surface area contributed by atoms with Gasteiger partial charge in [0.1, 0.15) is 6.04 Å². The maximum absolute atomic E-state index is 14.1. The molecule has 1 saturated carbocycles. The van der Waals surface area contributed by atoms with Crippen molar-refractivity contribution in [2.75, 3.05) is 71.6 Å². The standard InChI is InChI=1S/C44H59FN8O4S/c1-7-52-38-11-10-28-18-32(38)34(41(52)33-19-31(24-47-40(33)27(2)56-6)51-15-13-50(5)14-16-51)21-44(3,4)26-57-43(55)35-9-8-12-53(49-35)42(54)36(20-39-48-37(28)25-58-39)46-23-30-17-29(30)22-45/h10-11,18-19,24-25,27,29-30,35-36,46,49H,7-9,12-17,20-23,26H2,1-6H3/t27-,29+,30+,35-,36-/m0/s1. The number of carbonyl (C=O) groups is 2. The minimum atomic E-state index is -0.638. The van der Waals surface area contributed by atoms with Crippen molar-refractivity contribution in [3.05, 3.63) is 52.1 Å². The van der Waals surface area contributed by atoms with E-state index in [0.29, 0.717) is 38.8 Å². The first-order valence-electron chi connectivity index (χ1n) is 21.1. The molecule has 58 heavy (non-hydrogen) atoms. The van der Waals surface area contributed by atoms with Crippen LogP contribution in [-0.2, 0) is 38.4 Å². The summed E-state index contributed by atoms with van der Waals surface area (Å²) in [7, 11) is 3.90. The number of likely N-dealkylation sites (N-methyl/N-ethyl adjacent to an activating group) is 1. The number of ether oxygens (including phenoxy) is 2. The van der Waals surface area contributed by atoms with Gasteiger partial charge in [0.05, 0.1) is 59.4 Å². The van der Waals surface area contributed by atoms with Crippen molar-refractivity contribution < 1.29 is 23.5 Å². The van der Waals surface area contributed by atoms with Gasteiger partial charge in [-0.05, 0) is 88.7 Å². The average molecular weight is 815 g/mol. The molecule has 6 heterocycles. The molecule has 2 N–H and O–H groups in total. The van der Waals surface area contributed by atoms with Crippen LogP contribution >= 0.6 is 11.3 Å². The molecular weight excluding hydrogens is 756 g/mol. The van der Waals surface area contributed by atoms with Gasteiger partial charge < -0.3 is 29.2 Å². The monoisotopic (exact) mass is 814 g/mol. The van der Waals surface area contributed by atoms with E-state index in [2.05, 4.69) is 89.5 Å². The molecule has 3 aliphatic heterocycles. The summed E-state index contributed by atoms with van der Waals surface area (Å²) in [5, 5.41) is 9.09. The molecule has 312 valence electrons. The minimum Gasteiger partial charge on any atom is -0.464 e. The summed E-state index contributed by atoms with van der Waals surface area (Å²) in [4.78, 5) is 42.9. The van der Waals surface area contributed by atoms with Gasteiger partial charge in [0.2, 0.25) is 0 Å². The van der Waals surface area contributed by atoms with Crippen molar-refractivity contribution >= 4 is 39.8 Å². The second kappa shape index (κ2) is 17.0. The number of hydrogen-bond donors (Lipinski definition) is 2. The number of carbonyl (C=O) groups excluding carboxylic acids is 2. The minimum absolute atomic E-state index is 0.0554. The molecule has 12 nitrogen and oxygen atoms in total. The number of alkyl halides is 1. The Labute approximate surface area is 345 Å². The van der Waals surface area contributed by atoms with E-state index in [4.69, 9.17) is 19.4 Å². The molecular formula is C44H59FN8O4S. The van der Waals surface area contributed by atoms with E-state index in [0.717, 1.165) is 89.0 Å². The highest BCUT2D eigenvalue weighted by Crippen LogP contribution is 2.43. The zero-order chi connectivity index (χ0) is 40.7. The van der Waals surface area contributed by atoms with E-state index in [1.807, 2.05) is 6.20 Å². The van der Waals surface area contributed by atoms with E-state index in [1.165, 1.54) is 5.56 Å². The van der Waals surface area contributed by atoms with Crippen LogP contribution in [0.15, 0.2) is 35.8 Å². The summed E-state index contributed by atoms with van der Waals surface area (Å²) in [5.74, 6) is -0.220. The number of benzene rings is 1. The van der Waals surface area contributed by atoms with E-state index < -0.39 is 17.5 Å². The van der Waals surface area contributed by atoms with Crippen molar-refractivity contribution in [1.29, 1.82) is 0 Å². The molecule has 1 aromatic carbocycles. The number of hydrazine groups is 1. The molecule has 4 aliphatic rings. The summed E-state index contributed by atoms with van der Waals surface area (Å²) in [6.45, 7) is 14.0. The fraction of sp³-hybridized carbons (Fsp3) is 0.591. The fourth-order valence-corrected chi connectivity index (χ4v) is 9.78. The first kappa shape index (κ1) is 40.8. The van der Waals surface area contributed by atoms with Crippen LogP contribution in [-0.4, -0.2) is 115 Å². The van der Waals surface area contributed by atoms with Crippen LogP contribution in [0.1, 0.15) is 69.3 Å². The Morgan fingerprint density at radius 2 is 1.95 bits per heavy atom. The van der Waals surface area contributed by atoms with Gasteiger partial charge in [-0.1, -0.05) is 19.9 Å². The molecule has 3 aromatic heterocycles. The molecule has 14 heteroatoms. The molecule has 5 atom stereocenters. The van der Waals surface area contributed by atoms with Gasteiger partial charge in [-0.3, -0.25) is 24.0 Å². The van der Waals surface area contributed by atoms with Gasteiger partial charge in [-0.25, -0.2) is 10.4 Å². The topological polar surface area (TPSA) is 117 Å². The largest absolute Gasteiger partial charge is 0.464 e. The number of cyclic esters (lactones) is 1. The molecule has 8 rings (SSSR count). The van der Waals surface area contributed by atoms with Gasteiger partial charge in [0, 0.05) is 85.6 Å². The van der Waals surface area contributed by atoms with E-state index in [1.54, 1.807) is 23.5 Å². The van der Waals surface area contributed by atoms with Crippen molar-refractivity contribution in [1.82, 2.24) is 35.2 Å². The first-order chi connectivity index (χ1) is 28.0. The molecule has 0 radical (unpaired) electrons. The van der Waals surface area contributed by atoms with Crippen LogP contribution in [0.4, 0.5) is 10.1 Å². The molecule has 6 bridgehead atoms. The Bertz CT molecular complexity index is 2130. The summed E-state index contributed by atoms with van der Waals surface area (Å²) < 4.78 is 27.9. The molecule has 0 unspecified atom stereocenters. The van der Waals surface area contributed by atoms with Gasteiger partial charge in [-0.2, -0.15) is 0 Å². The van der Waals surface area contributed by atoms with Gasteiger partial charge in [0.25, 0.3) is 5.91 Å². The third-order valence-corrected chi connectivity index (χ3v) is 13.5. The van der Waals surface area contributed by atoms with Crippen molar-refractivity contribution in [3.8, 4) is 22.5 Å². The number of halogens is 1. The van der Waals surface area contributed by atoms with Crippen molar-refractivity contribution in [2.24, 2.45) is 17.3 Å². The lowest BCUT2D eigenvalue weighted by molar-refractivity contribution is -0.155. The Morgan fingerprint density at radius 1 is 1.14 bits per heavy atom. The maximum Gasteiger partial charge on any atom is 0.324 e. The number of nitrogens with one attached hydrogen (secondary N) is 2. The second-order valence-corrected chi connectivity index (χ2v) is 18.5. The van der Waals surface area contributed by atoms with Crippen LogP contribution in [0.25, 0.3) is 33.4 Å². The number of piperazine rings is 1. The van der Waals surface area contributed by atoms with Crippen LogP contribution in [0, 0.1) is 17.3 Å². The molecule has 0 spiro atoms.